The van der Waals surface area contributed by atoms with Gasteiger partial charge in [0, 0.05) is 17.0 Å². The van der Waals surface area contributed by atoms with Crippen molar-refractivity contribution in [3.8, 4) is 0 Å². The minimum atomic E-state index is -1.30. The molecule has 1 heterocycles. The van der Waals surface area contributed by atoms with Gasteiger partial charge >= 0.3 is 0 Å². The van der Waals surface area contributed by atoms with Gasteiger partial charge in [-0.1, -0.05) is 72.3 Å². The molecule has 0 radical (unpaired) electrons. The molecular weight excluding hydrogens is 379 g/mol. The number of para-hydroxylation sites is 1. The summed E-state index contributed by atoms with van der Waals surface area (Å²) in [4.78, 5) is 12.0. The smallest absolute Gasteiger partial charge is 0.270 e. The van der Waals surface area contributed by atoms with Crippen molar-refractivity contribution in [2.75, 3.05) is 5.01 Å². The molecule has 0 saturated heterocycles. The Labute approximate surface area is 167 Å². The molecule has 0 saturated carbocycles. The van der Waals surface area contributed by atoms with Gasteiger partial charge in [0.05, 0.1) is 11.4 Å². The van der Waals surface area contributed by atoms with E-state index in [0.717, 1.165) is 11.1 Å². The average Bonchev–Trinajstić information content (AvgIpc) is 2.94. The molecule has 0 aromatic heterocycles. The van der Waals surface area contributed by atoms with E-state index in [0.29, 0.717) is 22.8 Å². The Balaban J connectivity index is 1.80. The lowest BCUT2D eigenvalue weighted by Gasteiger charge is -2.23. The van der Waals surface area contributed by atoms with Crippen LogP contribution >= 0.6 is 23.2 Å². The summed E-state index contributed by atoms with van der Waals surface area (Å²) < 4.78 is 0. The van der Waals surface area contributed by atoms with Crippen LogP contribution in [0.15, 0.2) is 90.0 Å². The first-order chi connectivity index (χ1) is 13.1. The monoisotopic (exact) mass is 394 g/mol. The molecule has 0 spiro atoms. The molecule has 3 nitrogen and oxygen atoms in total. The van der Waals surface area contributed by atoms with Crippen LogP contribution in [-0.4, -0.2) is 16.5 Å². The highest BCUT2D eigenvalue weighted by molar-refractivity contribution is 6.53. The van der Waals surface area contributed by atoms with Crippen LogP contribution in [0.4, 0.5) is 5.69 Å². The van der Waals surface area contributed by atoms with Crippen molar-refractivity contribution in [3.63, 3.8) is 0 Å². The van der Waals surface area contributed by atoms with E-state index in [2.05, 4.69) is 5.10 Å². The largest absolute Gasteiger partial charge is 0.275 e. The van der Waals surface area contributed by atoms with Crippen molar-refractivity contribution >= 4 is 40.5 Å². The van der Waals surface area contributed by atoms with E-state index in [4.69, 9.17) is 23.2 Å². The Kier molecular flexibility index (Phi) is 4.73. The number of carbonyl (C=O) groups excluding carboxylic acids is 1. The van der Waals surface area contributed by atoms with Gasteiger partial charge in [0.1, 0.15) is 0 Å². The zero-order chi connectivity index (χ0) is 18.9. The Morgan fingerprint density at radius 2 is 1.56 bits per heavy atom. The van der Waals surface area contributed by atoms with Crippen molar-refractivity contribution in [2.45, 2.75) is 11.3 Å². The fraction of sp³-hybridized carbons (Fsp3) is 0.0909. The molecule has 0 unspecified atom stereocenters. The van der Waals surface area contributed by atoms with E-state index in [1.54, 1.807) is 6.07 Å². The summed E-state index contributed by atoms with van der Waals surface area (Å²) in [6.07, 6.45) is 0.297. The molecule has 4 rings (SSSR count). The van der Waals surface area contributed by atoms with Crippen LogP contribution in [0.1, 0.15) is 11.1 Å². The summed E-state index contributed by atoms with van der Waals surface area (Å²) in [5.41, 5.74) is 2.92. The Bertz CT molecular complexity index is 1010. The summed E-state index contributed by atoms with van der Waals surface area (Å²) in [6.45, 7) is 0. The SMILES string of the molecule is O=C1N(c2ccccc2)N=C(c2ccccc2)[C@]1(Cl)Cc1cccc(Cl)c1. The Hall–Kier alpha value is -2.62. The minimum Gasteiger partial charge on any atom is -0.270 e. The van der Waals surface area contributed by atoms with Crippen molar-refractivity contribution in [2.24, 2.45) is 5.10 Å². The summed E-state index contributed by atoms with van der Waals surface area (Å²) in [5, 5.41) is 6.61. The number of carbonyl (C=O) groups is 1. The lowest BCUT2D eigenvalue weighted by Crippen LogP contribution is -2.43. The highest BCUT2D eigenvalue weighted by atomic mass is 35.5. The average molecular weight is 395 g/mol. The number of hydrogen-bond acceptors (Lipinski definition) is 2. The molecule has 1 aliphatic rings. The zero-order valence-electron chi connectivity index (χ0n) is 14.3. The van der Waals surface area contributed by atoms with Crippen LogP contribution in [0.25, 0.3) is 0 Å². The maximum Gasteiger partial charge on any atom is 0.275 e. The normalized spacial score (nSPS) is 19.3. The van der Waals surface area contributed by atoms with Crippen molar-refractivity contribution in [1.82, 2.24) is 0 Å². The fourth-order valence-electron chi connectivity index (χ4n) is 3.21. The Morgan fingerprint density at radius 3 is 2.22 bits per heavy atom. The van der Waals surface area contributed by atoms with Crippen molar-refractivity contribution in [3.05, 3.63) is 101 Å². The van der Waals surface area contributed by atoms with Crippen molar-refractivity contribution in [1.29, 1.82) is 0 Å². The van der Waals surface area contributed by atoms with Gasteiger partial charge in [-0.05, 0) is 29.8 Å². The van der Waals surface area contributed by atoms with E-state index in [1.807, 2.05) is 78.9 Å². The minimum absolute atomic E-state index is 0.269. The van der Waals surface area contributed by atoms with Crippen LogP contribution in [0, 0.1) is 0 Å². The van der Waals surface area contributed by atoms with Crippen LogP contribution in [-0.2, 0) is 11.2 Å². The molecule has 0 aliphatic carbocycles. The number of alkyl halides is 1. The van der Waals surface area contributed by atoms with Gasteiger partial charge in [-0.25, -0.2) is 0 Å². The van der Waals surface area contributed by atoms with Gasteiger partial charge in [0.15, 0.2) is 4.87 Å². The molecule has 0 bridgehead atoms. The summed E-state index contributed by atoms with van der Waals surface area (Å²) in [6, 6.07) is 26.3. The predicted molar refractivity (Wildman–Crippen MR) is 111 cm³/mol. The number of halogens is 2. The van der Waals surface area contributed by atoms with Crippen LogP contribution in [0.2, 0.25) is 5.02 Å². The number of anilines is 1. The van der Waals surface area contributed by atoms with Gasteiger partial charge in [-0.2, -0.15) is 10.1 Å². The number of amides is 1. The van der Waals surface area contributed by atoms with Gasteiger partial charge < -0.3 is 0 Å². The maximum absolute atomic E-state index is 13.3. The summed E-state index contributed by atoms with van der Waals surface area (Å²) >= 11 is 13.1. The first-order valence-electron chi connectivity index (χ1n) is 8.55. The highest BCUT2D eigenvalue weighted by Crippen LogP contribution is 2.37. The van der Waals surface area contributed by atoms with E-state index in [9.17, 15) is 4.79 Å². The molecule has 1 aliphatic heterocycles. The molecule has 27 heavy (non-hydrogen) atoms. The number of benzene rings is 3. The third-order valence-electron chi connectivity index (χ3n) is 4.49. The van der Waals surface area contributed by atoms with E-state index in [1.165, 1.54) is 5.01 Å². The number of hydrogen-bond donors (Lipinski definition) is 0. The predicted octanol–water partition coefficient (Wildman–Crippen LogP) is 5.31. The lowest BCUT2D eigenvalue weighted by atomic mass is 9.89. The molecule has 1 atom stereocenters. The lowest BCUT2D eigenvalue weighted by molar-refractivity contribution is -0.118. The Morgan fingerprint density at radius 1 is 0.889 bits per heavy atom. The molecule has 5 heteroatoms. The van der Waals surface area contributed by atoms with E-state index < -0.39 is 4.87 Å². The topological polar surface area (TPSA) is 32.7 Å². The summed E-state index contributed by atoms with van der Waals surface area (Å²) in [7, 11) is 0. The molecule has 1 amide bonds. The number of hydrazone groups is 1. The third-order valence-corrected chi connectivity index (χ3v) is 5.20. The molecule has 0 N–H and O–H groups in total. The second-order valence-electron chi connectivity index (χ2n) is 6.38. The van der Waals surface area contributed by atoms with Crippen LogP contribution in [0.3, 0.4) is 0 Å². The van der Waals surface area contributed by atoms with Crippen LogP contribution in [0.5, 0.6) is 0 Å². The molecule has 0 fully saturated rings. The maximum atomic E-state index is 13.3. The second-order valence-corrected chi connectivity index (χ2v) is 7.46. The van der Waals surface area contributed by atoms with Gasteiger partial charge in [0.25, 0.3) is 5.91 Å². The van der Waals surface area contributed by atoms with Crippen LogP contribution < -0.4 is 5.01 Å². The first-order valence-corrected chi connectivity index (χ1v) is 9.31. The second kappa shape index (κ2) is 7.18. The molecule has 3 aromatic rings. The fourth-order valence-corrected chi connectivity index (χ4v) is 3.80. The van der Waals surface area contributed by atoms with Gasteiger partial charge in [-0.3, -0.25) is 4.79 Å². The van der Waals surface area contributed by atoms with E-state index >= 15 is 0 Å². The number of rotatable bonds is 4. The quantitative estimate of drug-likeness (QED) is 0.551. The standard InChI is InChI=1S/C22H16Cl2N2O/c23-18-11-7-8-16(14-18)15-22(24)20(17-9-3-1-4-10-17)25-26(21(22)27)19-12-5-2-6-13-19/h1-14H,15H2/t22-/m1/s1. The molecule has 3 aromatic carbocycles. The molecule has 134 valence electrons. The third kappa shape index (κ3) is 3.36. The summed E-state index contributed by atoms with van der Waals surface area (Å²) in [5.74, 6) is -0.269. The van der Waals surface area contributed by atoms with Crippen molar-refractivity contribution < 1.29 is 4.79 Å². The van der Waals surface area contributed by atoms with E-state index in [-0.39, 0.29) is 5.91 Å². The molecular formula is C22H16Cl2N2O. The first kappa shape index (κ1) is 17.8. The zero-order valence-corrected chi connectivity index (χ0v) is 15.9. The number of nitrogens with zero attached hydrogens (tertiary/aromatic N) is 2. The van der Waals surface area contributed by atoms with Gasteiger partial charge in [-0.15, -0.1) is 11.6 Å². The van der Waals surface area contributed by atoms with Gasteiger partial charge in [0.2, 0.25) is 0 Å². The highest BCUT2D eigenvalue weighted by Gasteiger charge is 2.50.